The van der Waals surface area contributed by atoms with Crippen molar-refractivity contribution in [2.75, 3.05) is 19.6 Å². The minimum Gasteiger partial charge on any atom is -0.333 e. The van der Waals surface area contributed by atoms with Gasteiger partial charge in [0.2, 0.25) is 5.91 Å². The number of fused-ring (bicyclic) bond motifs is 1. The number of aromatic nitrogens is 2. The van der Waals surface area contributed by atoms with Gasteiger partial charge in [-0.15, -0.1) is 0 Å². The molecule has 0 N–H and O–H groups in total. The number of hydrogen-bond acceptors (Lipinski definition) is 3. The lowest BCUT2D eigenvalue weighted by atomic mass is 10.0. The summed E-state index contributed by atoms with van der Waals surface area (Å²) in [6.07, 6.45) is 10.7. The molecule has 1 amide bonds. The predicted octanol–water partition coefficient (Wildman–Crippen LogP) is 2.01. The van der Waals surface area contributed by atoms with E-state index in [-0.39, 0.29) is 5.91 Å². The second-order valence-corrected chi connectivity index (χ2v) is 5.83. The Hall–Kier alpha value is -1.62. The van der Waals surface area contributed by atoms with E-state index in [1.807, 2.05) is 17.3 Å². The molecule has 0 saturated carbocycles. The molecular formula is C16H24N4O. The summed E-state index contributed by atoms with van der Waals surface area (Å²) in [5.41, 5.74) is 1.23. The van der Waals surface area contributed by atoms with E-state index in [0.29, 0.717) is 6.54 Å². The average molecular weight is 288 g/mol. The smallest absolute Gasteiger partial charge is 0.240 e. The zero-order valence-electron chi connectivity index (χ0n) is 12.8. The van der Waals surface area contributed by atoms with Crippen LogP contribution in [-0.2, 0) is 17.9 Å². The van der Waals surface area contributed by atoms with E-state index in [1.165, 1.54) is 18.5 Å². The van der Waals surface area contributed by atoms with E-state index in [9.17, 15) is 4.79 Å². The van der Waals surface area contributed by atoms with Gasteiger partial charge >= 0.3 is 0 Å². The highest BCUT2D eigenvalue weighted by Crippen LogP contribution is 2.21. The Balaban J connectivity index is 1.61. The van der Waals surface area contributed by atoms with Gasteiger partial charge < -0.3 is 9.47 Å². The van der Waals surface area contributed by atoms with Crippen molar-refractivity contribution >= 4 is 5.91 Å². The molecule has 1 aromatic rings. The molecule has 1 aromatic heterocycles. The molecule has 5 heteroatoms. The Labute approximate surface area is 126 Å². The zero-order valence-corrected chi connectivity index (χ0v) is 12.8. The van der Waals surface area contributed by atoms with Crippen molar-refractivity contribution in [2.45, 2.75) is 45.7 Å². The number of carbonyl (C=O) groups excluding carboxylic acids is 1. The van der Waals surface area contributed by atoms with Gasteiger partial charge in [-0.2, -0.15) is 0 Å². The first-order chi connectivity index (χ1) is 10.3. The maximum atomic E-state index is 12.6. The van der Waals surface area contributed by atoms with Gasteiger partial charge in [0.1, 0.15) is 5.82 Å². The third-order valence-corrected chi connectivity index (χ3v) is 4.41. The van der Waals surface area contributed by atoms with Crippen molar-refractivity contribution in [1.29, 1.82) is 0 Å². The fourth-order valence-electron chi connectivity index (χ4n) is 3.24. The van der Waals surface area contributed by atoms with Crippen molar-refractivity contribution in [3.63, 3.8) is 0 Å². The van der Waals surface area contributed by atoms with Crippen LogP contribution < -0.4 is 0 Å². The van der Waals surface area contributed by atoms with Gasteiger partial charge in [-0.05, 0) is 32.6 Å². The van der Waals surface area contributed by atoms with Crippen LogP contribution in [0.1, 0.15) is 38.4 Å². The highest BCUT2D eigenvalue weighted by atomic mass is 16.2. The molecular weight excluding hydrogens is 264 g/mol. The van der Waals surface area contributed by atoms with Crippen LogP contribution in [0.5, 0.6) is 0 Å². The largest absolute Gasteiger partial charge is 0.333 e. The monoisotopic (exact) mass is 288 g/mol. The summed E-state index contributed by atoms with van der Waals surface area (Å²) in [6, 6.07) is 0. The first-order valence-corrected chi connectivity index (χ1v) is 7.99. The van der Waals surface area contributed by atoms with Gasteiger partial charge in [-0.1, -0.05) is 6.08 Å². The summed E-state index contributed by atoms with van der Waals surface area (Å²) in [5.74, 6) is 1.29. The van der Waals surface area contributed by atoms with Gasteiger partial charge in [0.25, 0.3) is 0 Å². The molecule has 2 heterocycles. The average Bonchev–Trinajstić information content (AvgIpc) is 2.96. The maximum Gasteiger partial charge on any atom is 0.240 e. The minimum absolute atomic E-state index is 0.227. The van der Waals surface area contributed by atoms with E-state index in [0.717, 1.165) is 44.8 Å². The topological polar surface area (TPSA) is 41.4 Å². The number of imidazole rings is 1. The number of amides is 1. The van der Waals surface area contributed by atoms with E-state index in [4.69, 9.17) is 0 Å². The van der Waals surface area contributed by atoms with Crippen LogP contribution in [-0.4, -0.2) is 44.9 Å². The Morgan fingerprint density at radius 3 is 3.05 bits per heavy atom. The third-order valence-electron chi connectivity index (χ3n) is 4.41. The third kappa shape index (κ3) is 3.18. The predicted molar refractivity (Wildman–Crippen MR) is 81.4 cm³/mol. The van der Waals surface area contributed by atoms with Gasteiger partial charge in [0.05, 0.1) is 13.1 Å². The maximum absolute atomic E-state index is 12.6. The highest BCUT2D eigenvalue weighted by Gasteiger charge is 2.23. The van der Waals surface area contributed by atoms with Crippen LogP contribution >= 0.6 is 0 Å². The molecule has 0 fully saturated rings. The van der Waals surface area contributed by atoms with E-state index in [2.05, 4.69) is 27.5 Å². The van der Waals surface area contributed by atoms with Gasteiger partial charge in [0.15, 0.2) is 0 Å². The lowest BCUT2D eigenvalue weighted by molar-refractivity contribution is -0.130. The summed E-state index contributed by atoms with van der Waals surface area (Å²) in [4.78, 5) is 21.1. The van der Waals surface area contributed by atoms with Crippen LogP contribution in [0.25, 0.3) is 0 Å². The van der Waals surface area contributed by atoms with Crippen LogP contribution in [0.15, 0.2) is 24.2 Å². The fourth-order valence-corrected chi connectivity index (χ4v) is 3.24. The van der Waals surface area contributed by atoms with Gasteiger partial charge in [0, 0.05) is 37.7 Å². The number of hydrogen-bond donors (Lipinski definition) is 0. The molecule has 21 heavy (non-hydrogen) atoms. The van der Waals surface area contributed by atoms with Crippen molar-refractivity contribution in [1.82, 2.24) is 19.4 Å². The normalized spacial score (nSPS) is 19.0. The summed E-state index contributed by atoms with van der Waals surface area (Å²) < 4.78 is 2.17. The van der Waals surface area contributed by atoms with Crippen LogP contribution in [0.4, 0.5) is 0 Å². The quantitative estimate of drug-likeness (QED) is 0.851. The first kappa shape index (κ1) is 14.3. The fraction of sp³-hybridized carbons (Fsp3) is 0.625. The van der Waals surface area contributed by atoms with Crippen molar-refractivity contribution in [3.05, 3.63) is 30.0 Å². The number of likely N-dealkylation sites (N-methyl/N-ethyl adjacent to an activating group) is 1. The Morgan fingerprint density at radius 2 is 2.29 bits per heavy atom. The van der Waals surface area contributed by atoms with E-state index >= 15 is 0 Å². The van der Waals surface area contributed by atoms with Crippen molar-refractivity contribution in [3.8, 4) is 0 Å². The number of allylic oxidation sites excluding steroid dienone is 2. The molecule has 2 aliphatic rings. The van der Waals surface area contributed by atoms with Gasteiger partial charge in [-0.25, -0.2) is 4.98 Å². The molecule has 1 aliphatic heterocycles. The number of nitrogens with zero attached hydrogens (tertiary/aromatic N) is 4. The summed E-state index contributed by atoms with van der Waals surface area (Å²) >= 11 is 0. The molecule has 1 aliphatic carbocycles. The Kier molecular flexibility index (Phi) is 4.39. The molecule has 0 bridgehead atoms. The Morgan fingerprint density at radius 1 is 1.38 bits per heavy atom. The standard InChI is InChI=1S/C16H24N4O/c1-2-20(14-6-4-3-5-7-14)16(21)13-18-10-11-19-9-8-17-15(19)12-18/h6,8-9H,2-5,7,10-13H2,1H3. The highest BCUT2D eigenvalue weighted by molar-refractivity contribution is 5.80. The molecule has 0 saturated heterocycles. The van der Waals surface area contributed by atoms with Gasteiger partial charge in [-0.3, -0.25) is 9.69 Å². The number of carbonyl (C=O) groups is 1. The summed E-state index contributed by atoms with van der Waals surface area (Å²) in [6.45, 7) is 5.96. The molecule has 0 atom stereocenters. The molecule has 3 rings (SSSR count). The lowest BCUT2D eigenvalue weighted by Crippen LogP contribution is -2.43. The SMILES string of the molecule is CCN(C(=O)CN1CCn2ccnc2C1)C1=CCCCC1. The second kappa shape index (κ2) is 6.43. The van der Waals surface area contributed by atoms with Crippen LogP contribution in [0, 0.1) is 0 Å². The van der Waals surface area contributed by atoms with Crippen molar-refractivity contribution in [2.24, 2.45) is 0 Å². The summed E-state index contributed by atoms with van der Waals surface area (Å²) in [7, 11) is 0. The lowest BCUT2D eigenvalue weighted by Gasteiger charge is -2.31. The number of rotatable bonds is 4. The van der Waals surface area contributed by atoms with Crippen molar-refractivity contribution < 1.29 is 4.79 Å². The van der Waals surface area contributed by atoms with E-state index < -0.39 is 0 Å². The molecule has 5 nitrogen and oxygen atoms in total. The molecule has 0 radical (unpaired) electrons. The van der Waals surface area contributed by atoms with Crippen LogP contribution in [0.3, 0.4) is 0 Å². The molecule has 0 unspecified atom stereocenters. The first-order valence-electron chi connectivity index (χ1n) is 7.99. The summed E-state index contributed by atoms with van der Waals surface area (Å²) in [5, 5.41) is 0. The Bertz CT molecular complexity index is 534. The van der Waals surface area contributed by atoms with Crippen LogP contribution in [0.2, 0.25) is 0 Å². The molecule has 114 valence electrons. The zero-order chi connectivity index (χ0) is 14.7. The minimum atomic E-state index is 0.227. The molecule has 0 aromatic carbocycles. The van der Waals surface area contributed by atoms with E-state index in [1.54, 1.807) is 0 Å². The second-order valence-electron chi connectivity index (χ2n) is 5.83. The molecule has 0 spiro atoms.